The van der Waals surface area contributed by atoms with Gasteiger partial charge in [-0.25, -0.2) is 17.9 Å². The second kappa shape index (κ2) is 8.42. The molecule has 0 saturated carbocycles. The first kappa shape index (κ1) is 22.6. The Bertz CT molecular complexity index is 1440. The summed E-state index contributed by atoms with van der Waals surface area (Å²) in [4.78, 5) is 17.5. The summed E-state index contributed by atoms with van der Waals surface area (Å²) in [6.07, 6.45) is 2.79. The van der Waals surface area contributed by atoms with Gasteiger partial charge in [-0.3, -0.25) is 9.52 Å². The number of aliphatic hydroxyl groups is 1. The second-order valence-corrected chi connectivity index (χ2v) is 10.2. The van der Waals surface area contributed by atoms with Crippen molar-refractivity contribution in [2.75, 3.05) is 11.0 Å². The molecule has 2 aromatic heterocycles. The van der Waals surface area contributed by atoms with Gasteiger partial charge in [0.05, 0.1) is 35.9 Å². The van der Waals surface area contributed by atoms with Crippen LogP contribution in [0, 0.1) is 0 Å². The number of hydrogen-bond donors (Lipinski definition) is 2. The highest BCUT2D eigenvalue weighted by Gasteiger charge is 2.17. The van der Waals surface area contributed by atoms with E-state index < -0.39 is 15.6 Å². The van der Waals surface area contributed by atoms with E-state index in [4.69, 9.17) is 0 Å². The summed E-state index contributed by atoms with van der Waals surface area (Å²) in [6, 6.07) is 17.4. The van der Waals surface area contributed by atoms with Crippen molar-refractivity contribution in [1.29, 1.82) is 0 Å². The van der Waals surface area contributed by atoms with Gasteiger partial charge in [0.15, 0.2) is 11.4 Å². The summed E-state index contributed by atoms with van der Waals surface area (Å²) in [5.74, 6) is -0.105. The molecule has 0 aliphatic rings. The molecule has 0 atom stereocenters. The number of aromatic nitrogens is 3. The lowest BCUT2D eigenvalue weighted by Crippen LogP contribution is -2.15. The lowest BCUT2D eigenvalue weighted by atomic mass is 9.96. The minimum Gasteiger partial charge on any atom is -0.386 e. The first-order valence-electron chi connectivity index (χ1n) is 10.3. The van der Waals surface area contributed by atoms with Crippen LogP contribution >= 0.6 is 0 Å². The van der Waals surface area contributed by atoms with Gasteiger partial charge >= 0.3 is 0 Å². The number of anilines is 1. The van der Waals surface area contributed by atoms with Crippen molar-refractivity contribution in [3.05, 3.63) is 83.7 Å². The fourth-order valence-corrected chi connectivity index (χ4v) is 4.10. The summed E-state index contributed by atoms with van der Waals surface area (Å²) in [6.45, 7) is 3.38. The van der Waals surface area contributed by atoms with E-state index >= 15 is 0 Å². The van der Waals surface area contributed by atoms with Gasteiger partial charge in [-0.2, -0.15) is 5.10 Å². The Hall–Kier alpha value is -3.56. The molecule has 0 aliphatic heterocycles. The number of carbonyl (C=O) groups excluding carboxylic acids is 1. The highest BCUT2D eigenvalue weighted by molar-refractivity contribution is 7.92. The summed E-state index contributed by atoms with van der Waals surface area (Å²) >= 11 is 0. The molecule has 2 N–H and O–H groups in total. The number of nitrogens with one attached hydrogen (secondary N) is 1. The predicted octanol–water partition coefficient (Wildman–Crippen LogP) is 3.42. The molecule has 0 radical (unpaired) electrons. The van der Waals surface area contributed by atoms with E-state index in [1.807, 2.05) is 6.07 Å². The number of nitrogens with zero attached hydrogens (tertiary/aromatic N) is 3. The van der Waals surface area contributed by atoms with Gasteiger partial charge in [0, 0.05) is 22.9 Å². The van der Waals surface area contributed by atoms with Crippen molar-refractivity contribution in [1.82, 2.24) is 14.6 Å². The first-order chi connectivity index (χ1) is 15.5. The van der Waals surface area contributed by atoms with E-state index in [-0.39, 0.29) is 12.2 Å². The highest BCUT2D eigenvalue weighted by Crippen LogP contribution is 2.25. The number of fused-ring (bicyclic) bond motifs is 1. The molecule has 9 heteroatoms. The fraction of sp³-hybridized carbons (Fsp3) is 0.208. The number of hydrogen-bond acceptors (Lipinski definition) is 6. The minimum atomic E-state index is -3.42. The topological polar surface area (TPSA) is 114 Å². The maximum Gasteiger partial charge on any atom is 0.229 e. The molecular formula is C24H24N4O4S. The van der Waals surface area contributed by atoms with Crippen molar-refractivity contribution in [3.8, 4) is 11.3 Å². The molecule has 4 rings (SSSR count). The van der Waals surface area contributed by atoms with E-state index in [0.29, 0.717) is 28.3 Å². The lowest BCUT2D eigenvalue weighted by Gasteiger charge is -2.17. The average molecular weight is 465 g/mol. The molecule has 0 aliphatic carbocycles. The minimum absolute atomic E-state index is 0.0812. The van der Waals surface area contributed by atoms with E-state index in [9.17, 15) is 18.3 Å². The van der Waals surface area contributed by atoms with E-state index in [2.05, 4.69) is 14.8 Å². The van der Waals surface area contributed by atoms with Gasteiger partial charge < -0.3 is 5.11 Å². The number of rotatable bonds is 7. The van der Waals surface area contributed by atoms with Crippen LogP contribution in [0.25, 0.3) is 16.9 Å². The molecular weight excluding hydrogens is 440 g/mol. The molecule has 0 unspecified atom stereocenters. The monoisotopic (exact) mass is 464 g/mol. The SMILES string of the molecule is CC(C)(O)c1ccc(C(=O)Cc2cc(-c3cccc(NS(C)(=O)=O)c3)n3nccc3n2)cc1. The van der Waals surface area contributed by atoms with Crippen LogP contribution in [0.15, 0.2) is 66.9 Å². The van der Waals surface area contributed by atoms with E-state index in [0.717, 1.165) is 17.4 Å². The molecule has 0 fully saturated rings. The zero-order valence-electron chi connectivity index (χ0n) is 18.5. The number of carbonyl (C=O) groups is 1. The summed E-state index contributed by atoms with van der Waals surface area (Å²) < 4.78 is 27.3. The van der Waals surface area contributed by atoms with Gasteiger partial charge in [-0.1, -0.05) is 36.4 Å². The van der Waals surface area contributed by atoms with Crippen molar-refractivity contribution in [2.45, 2.75) is 25.9 Å². The number of Topliss-reactive ketones (excluding diaryl/α,β-unsaturated/α-hetero) is 1. The maximum atomic E-state index is 12.9. The van der Waals surface area contributed by atoms with Crippen LogP contribution in [-0.4, -0.2) is 40.2 Å². The number of ketones is 1. The van der Waals surface area contributed by atoms with Crippen molar-refractivity contribution >= 4 is 27.1 Å². The lowest BCUT2D eigenvalue weighted by molar-refractivity contribution is 0.0784. The zero-order valence-corrected chi connectivity index (χ0v) is 19.3. The van der Waals surface area contributed by atoms with Crippen molar-refractivity contribution < 1.29 is 18.3 Å². The van der Waals surface area contributed by atoms with Crippen LogP contribution in [0.3, 0.4) is 0 Å². The molecule has 170 valence electrons. The van der Waals surface area contributed by atoms with Crippen LogP contribution in [0.2, 0.25) is 0 Å². The standard InChI is InChI=1S/C24H24N4O4S/c1-24(2,30)18-9-7-16(8-10-18)22(29)15-20-14-21(28-23(26-20)11-12-25-28)17-5-4-6-19(13-17)27-33(3,31)32/h4-14,27,30H,15H2,1-3H3. The zero-order chi connectivity index (χ0) is 23.8. The average Bonchev–Trinajstić information content (AvgIpc) is 3.20. The second-order valence-electron chi connectivity index (χ2n) is 8.43. The Morgan fingerprint density at radius 2 is 1.82 bits per heavy atom. The Kier molecular flexibility index (Phi) is 5.77. The van der Waals surface area contributed by atoms with Crippen LogP contribution in [0.1, 0.15) is 35.5 Å². The fourth-order valence-electron chi connectivity index (χ4n) is 3.55. The molecule has 0 spiro atoms. The third kappa shape index (κ3) is 5.27. The number of sulfonamides is 1. The van der Waals surface area contributed by atoms with Crippen LogP contribution in [0.4, 0.5) is 5.69 Å². The molecule has 2 heterocycles. The quantitative estimate of drug-likeness (QED) is 0.405. The Morgan fingerprint density at radius 3 is 2.48 bits per heavy atom. The molecule has 4 aromatic rings. The van der Waals surface area contributed by atoms with Gasteiger partial charge in [-0.05, 0) is 37.6 Å². The van der Waals surface area contributed by atoms with Crippen LogP contribution < -0.4 is 4.72 Å². The third-order valence-electron chi connectivity index (χ3n) is 5.13. The molecule has 8 nitrogen and oxygen atoms in total. The Balaban J connectivity index is 1.67. The van der Waals surface area contributed by atoms with Gasteiger partial charge in [0.2, 0.25) is 10.0 Å². The maximum absolute atomic E-state index is 12.9. The van der Waals surface area contributed by atoms with Gasteiger partial charge in [0.25, 0.3) is 0 Å². The van der Waals surface area contributed by atoms with Crippen LogP contribution in [0.5, 0.6) is 0 Å². The highest BCUT2D eigenvalue weighted by atomic mass is 32.2. The van der Waals surface area contributed by atoms with Gasteiger partial charge in [0.1, 0.15) is 0 Å². The van der Waals surface area contributed by atoms with Crippen molar-refractivity contribution in [2.24, 2.45) is 0 Å². The molecule has 2 aromatic carbocycles. The summed E-state index contributed by atoms with van der Waals surface area (Å²) in [5.41, 5.74) is 3.25. The molecule has 0 amide bonds. The van der Waals surface area contributed by atoms with E-state index in [1.54, 1.807) is 79.2 Å². The Morgan fingerprint density at radius 1 is 1.09 bits per heavy atom. The first-order valence-corrected chi connectivity index (χ1v) is 12.2. The van der Waals surface area contributed by atoms with Gasteiger partial charge in [-0.15, -0.1) is 0 Å². The van der Waals surface area contributed by atoms with E-state index in [1.165, 1.54) is 0 Å². The molecule has 33 heavy (non-hydrogen) atoms. The third-order valence-corrected chi connectivity index (χ3v) is 5.74. The summed E-state index contributed by atoms with van der Waals surface area (Å²) in [5, 5.41) is 14.4. The largest absolute Gasteiger partial charge is 0.386 e. The Labute approximate surface area is 192 Å². The predicted molar refractivity (Wildman–Crippen MR) is 127 cm³/mol. The van der Waals surface area contributed by atoms with Crippen LogP contribution in [-0.2, 0) is 22.0 Å². The normalized spacial score (nSPS) is 12.1. The molecule has 0 bridgehead atoms. The molecule has 0 saturated heterocycles. The smallest absolute Gasteiger partial charge is 0.229 e. The number of benzene rings is 2. The summed E-state index contributed by atoms with van der Waals surface area (Å²) in [7, 11) is -3.42. The van der Waals surface area contributed by atoms with Crippen molar-refractivity contribution in [3.63, 3.8) is 0 Å².